The molecule has 1 saturated heterocycles. The number of halogens is 1. The van der Waals surface area contributed by atoms with Gasteiger partial charge in [0.15, 0.2) is 0 Å². The first-order chi connectivity index (χ1) is 7.99. The van der Waals surface area contributed by atoms with Crippen LogP contribution in [0.3, 0.4) is 0 Å². The average Bonchev–Trinajstić information content (AvgIpc) is 2.38. The number of hydrogen-bond acceptors (Lipinski definition) is 3. The van der Waals surface area contributed by atoms with Crippen LogP contribution < -0.4 is 0 Å². The molecule has 0 radical (unpaired) electrons. The molecule has 1 rings (SSSR count). The lowest BCUT2D eigenvalue weighted by atomic mass is 10.0. The zero-order chi connectivity index (χ0) is 14.3. The van der Waals surface area contributed by atoms with Crippen LogP contribution in [0.4, 0.5) is 0 Å². The normalized spacial score (nSPS) is 30.1. The summed E-state index contributed by atoms with van der Waals surface area (Å²) in [6, 6.07) is -0.141. The van der Waals surface area contributed by atoms with Crippen LogP contribution in [-0.2, 0) is 4.79 Å². The first-order valence-corrected chi connectivity index (χ1v) is 8.04. The molecule has 1 fully saturated rings. The number of carbonyl (C=O) groups excluding carboxylic acids is 1. The number of thioether (sulfide) groups is 1. The number of hydrogen-bond donors (Lipinski definition) is 1. The Morgan fingerprint density at radius 2 is 1.78 bits per heavy atom. The summed E-state index contributed by atoms with van der Waals surface area (Å²) in [6.07, 6.45) is 0. The summed E-state index contributed by atoms with van der Waals surface area (Å²) in [6.45, 7) is 12.4. The van der Waals surface area contributed by atoms with E-state index < -0.39 is 0 Å². The summed E-state index contributed by atoms with van der Waals surface area (Å²) < 4.78 is 0.0280. The van der Waals surface area contributed by atoms with E-state index in [4.69, 9.17) is 0 Å². The molecule has 1 aliphatic rings. The number of rotatable bonds is 2. The molecule has 0 aromatic heterocycles. The van der Waals surface area contributed by atoms with Gasteiger partial charge >= 0.3 is 0 Å². The van der Waals surface area contributed by atoms with E-state index >= 15 is 0 Å². The molecule has 1 aliphatic heterocycles. The van der Waals surface area contributed by atoms with Crippen molar-refractivity contribution in [1.29, 1.82) is 0 Å². The van der Waals surface area contributed by atoms with Crippen molar-refractivity contribution in [3.8, 4) is 0 Å². The molecule has 0 bridgehead atoms. The van der Waals surface area contributed by atoms with Gasteiger partial charge in [-0.3, -0.25) is 4.79 Å². The second kappa shape index (κ2) is 5.33. The molecule has 5 heteroatoms. The van der Waals surface area contributed by atoms with Gasteiger partial charge < -0.3 is 10.0 Å². The molecular formula is C13H24BrNO2S. The number of nitrogens with zero attached hydrogens (tertiary/aromatic N) is 1. The molecule has 0 aromatic rings. The molecule has 106 valence electrons. The van der Waals surface area contributed by atoms with Crippen LogP contribution in [-0.4, -0.2) is 48.9 Å². The number of aliphatic hydroxyl groups excluding tert-OH is 1. The fourth-order valence-corrected chi connectivity index (χ4v) is 4.53. The van der Waals surface area contributed by atoms with E-state index in [2.05, 4.69) is 36.7 Å². The Hall–Kier alpha value is 0.260. The monoisotopic (exact) mass is 337 g/mol. The zero-order valence-corrected chi connectivity index (χ0v) is 14.4. The topological polar surface area (TPSA) is 40.5 Å². The summed E-state index contributed by atoms with van der Waals surface area (Å²) in [5.74, 6) is 0.128. The number of alkyl halides is 1. The van der Waals surface area contributed by atoms with Crippen molar-refractivity contribution >= 4 is 33.6 Å². The van der Waals surface area contributed by atoms with E-state index in [0.29, 0.717) is 0 Å². The van der Waals surface area contributed by atoms with Gasteiger partial charge in [-0.05, 0) is 20.8 Å². The van der Waals surface area contributed by atoms with Crippen LogP contribution in [0.25, 0.3) is 0 Å². The molecule has 3 unspecified atom stereocenters. The highest BCUT2D eigenvalue weighted by Crippen LogP contribution is 2.42. The Morgan fingerprint density at radius 1 is 1.28 bits per heavy atom. The predicted molar refractivity (Wildman–Crippen MR) is 81.3 cm³/mol. The fourth-order valence-electron chi connectivity index (χ4n) is 2.29. The van der Waals surface area contributed by atoms with Gasteiger partial charge in [0.05, 0.1) is 22.7 Å². The highest BCUT2D eigenvalue weighted by Gasteiger charge is 2.51. The van der Waals surface area contributed by atoms with Gasteiger partial charge in [-0.1, -0.05) is 36.7 Å². The lowest BCUT2D eigenvalue weighted by molar-refractivity contribution is -0.134. The van der Waals surface area contributed by atoms with E-state index in [1.807, 2.05) is 25.7 Å². The van der Waals surface area contributed by atoms with E-state index in [1.54, 1.807) is 11.8 Å². The van der Waals surface area contributed by atoms with Gasteiger partial charge in [0.1, 0.15) is 0 Å². The molecule has 3 nitrogen and oxygen atoms in total. The van der Waals surface area contributed by atoms with Crippen LogP contribution in [0.2, 0.25) is 0 Å². The number of aliphatic hydroxyl groups is 1. The second-order valence-corrected chi connectivity index (χ2v) is 9.75. The number of likely N-dealkylation sites (tertiary alicyclic amines) is 1. The molecule has 0 aliphatic carbocycles. The van der Waals surface area contributed by atoms with Gasteiger partial charge in [-0.25, -0.2) is 0 Å². The minimum atomic E-state index is -0.260. The summed E-state index contributed by atoms with van der Waals surface area (Å²) in [7, 11) is 0. The minimum Gasteiger partial charge on any atom is -0.394 e. The predicted octanol–water partition coefficient (Wildman–Crippen LogP) is 2.65. The second-order valence-electron chi connectivity index (χ2n) is 6.72. The largest absolute Gasteiger partial charge is 0.394 e. The lowest BCUT2D eigenvalue weighted by Crippen LogP contribution is -2.50. The van der Waals surface area contributed by atoms with E-state index in [0.717, 1.165) is 0 Å². The minimum absolute atomic E-state index is 0.000128. The standard InChI is InChI=1S/C13H24BrNO2S/c1-12(2,3)15-8(7-16)9(14)10(11(15)17)18-13(4,5)6/h8-10,16H,7H2,1-6H3. The first-order valence-electron chi connectivity index (χ1n) is 6.25. The summed E-state index contributed by atoms with van der Waals surface area (Å²) >= 11 is 5.28. The molecule has 1 N–H and O–H groups in total. The van der Waals surface area contributed by atoms with Crippen LogP contribution in [0.1, 0.15) is 41.5 Å². The van der Waals surface area contributed by atoms with Crippen molar-refractivity contribution < 1.29 is 9.90 Å². The lowest BCUT2D eigenvalue weighted by Gasteiger charge is -2.37. The summed E-state index contributed by atoms with van der Waals surface area (Å²) in [4.78, 5) is 14.4. The van der Waals surface area contributed by atoms with Gasteiger partial charge in [0.25, 0.3) is 0 Å². The molecule has 1 amide bonds. The third-order valence-electron chi connectivity index (χ3n) is 2.86. The van der Waals surface area contributed by atoms with Crippen molar-refractivity contribution in [2.45, 2.75) is 67.9 Å². The Balaban J connectivity index is 3.01. The third-order valence-corrected chi connectivity index (χ3v) is 5.80. The number of amides is 1. The van der Waals surface area contributed by atoms with E-state index in [1.165, 1.54) is 0 Å². The molecule has 0 saturated carbocycles. The van der Waals surface area contributed by atoms with Crippen molar-refractivity contribution in [3.05, 3.63) is 0 Å². The smallest absolute Gasteiger partial charge is 0.237 e. The summed E-state index contributed by atoms with van der Waals surface area (Å²) in [5.41, 5.74) is -0.260. The van der Waals surface area contributed by atoms with Crippen molar-refractivity contribution in [1.82, 2.24) is 4.90 Å². The average molecular weight is 338 g/mol. The molecule has 1 heterocycles. The van der Waals surface area contributed by atoms with Crippen molar-refractivity contribution in [2.75, 3.05) is 6.61 Å². The van der Waals surface area contributed by atoms with Gasteiger partial charge in [0.2, 0.25) is 5.91 Å². The quantitative estimate of drug-likeness (QED) is 0.787. The van der Waals surface area contributed by atoms with Crippen LogP contribution in [0, 0.1) is 0 Å². The summed E-state index contributed by atoms with van der Waals surface area (Å²) in [5, 5.41) is 9.45. The number of carbonyl (C=O) groups is 1. The van der Waals surface area contributed by atoms with Crippen LogP contribution in [0.15, 0.2) is 0 Å². The highest BCUT2D eigenvalue weighted by atomic mass is 79.9. The molecule has 0 spiro atoms. The molecule has 0 aromatic carbocycles. The molecule has 18 heavy (non-hydrogen) atoms. The zero-order valence-electron chi connectivity index (χ0n) is 12.0. The highest BCUT2D eigenvalue weighted by molar-refractivity contribution is 9.09. The SMILES string of the molecule is CC(C)(C)SC1C(=O)N(C(C)(C)C)C(CO)C1Br. The van der Waals surface area contributed by atoms with Gasteiger partial charge in [0, 0.05) is 10.3 Å². The van der Waals surface area contributed by atoms with Gasteiger partial charge in [-0.2, -0.15) is 0 Å². The van der Waals surface area contributed by atoms with E-state index in [-0.39, 0.29) is 38.9 Å². The Kier molecular flexibility index (Phi) is 4.83. The van der Waals surface area contributed by atoms with Crippen LogP contribution >= 0.6 is 27.7 Å². The molecule has 3 atom stereocenters. The Morgan fingerprint density at radius 3 is 2.06 bits per heavy atom. The van der Waals surface area contributed by atoms with Gasteiger partial charge in [-0.15, -0.1) is 11.8 Å². The fraction of sp³-hybridized carbons (Fsp3) is 0.923. The van der Waals surface area contributed by atoms with Crippen molar-refractivity contribution in [3.63, 3.8) is 0 Å². The molecular weight excluding hydrogens is 314 g/mol. The maximum absolute atomic E-state index is 12.6. The van der Waals surface area contributed by atoms with Crippen LogP contribution in [0.5, 0.6) is 0 Å². The Labute approximate surface area is 123 Å². The Bertz CT molecular complexity index is 322. The third kappa shape index (κ3) is 3.42. The van der Waals surface area contributed by atoms with Crippen molar-refractivity contribution in [2.24, 2.45) is 0 Å². The maximum atomic E-state index is 12.6. The maximum Gasteiger partial charge on any atom is 0.237 e. The van der Waals surface area contributed by atoms with E-state index in [9.17, 15) is 9.90 Å². The first kappa shape index (κ1) is 16.3.